The molecule has 6 heteroatoms. The monoisotopic (exact) mass is 312 g/mol. The van der Waals surface area contributed by atoms with Gasteiger partial charge in [-0.05, 0) is 31.5 Å². The highest BCUT2D eigenvalue weighted by molar-refractivity contribution is 6.36. The zero-order valence-corrected chi connectivity index (χ0v) is 12.6. The second-order valence-electron chi connectivity index (χ2n) is 4.56. The second kappa shape index (κ2) is 5.85. The Balaban J connectivity index is 2.60. The Morgan fingerprint density at radius 1 is 1.45 bits per heavy atom. The number of carbonyl (C=O) groups is 1. The molecule has 20 heavy (non-hydrogen) atoms. The summed E-state index contributed by atoms with van der Waals surface area (Å²) in [5.74, 6) is -1.03. The van der Waals surface area contributed by atoms with Crippen molar-refractivity contribution >= 4 is 29.2 Å². The van der Waals surface area contributed by atoms with Crippen LogP contribution in [0.3, 0.4) is 0 Å². The van der Waals surface area contributed by atoms with E-state index in [1.807, 2.05) is 13.8 Å². The van der Waals surface area contributed by atoms with Gasteiger partial charge in [-0.2, -0.15) is 5.10 Å². The molecule has 0 aliphatic carbocycles. The van der Waals surface area contributed by atoms with Gasteiger partial charge in [-0.25, -0.2) is 4.79 Å². The average Bonchev–Trinajstić information content (AvgIpc) is 2.82. The number of carboxylic acids is 1. The van der Waals surface area contributed by atoms with Gasteiger partial charge in [-0.15, -0.1) is 0 Å². The predicted octanol–water partition coefficient (Wildman–Crippen LogP) is 4.53. The summed E-state index contributed by atoms with van der Waals surface area (Å²) in [6.45, 7) is 3.99. The molecule has 2 aromatic rings. The summed E-state index contributed by atoms with van der Waals surface area (Å²) in [7, 11) is 0. The van der Waals surface area contributed by atoms with Crippen molar-refractivity contribution in [1.82, 2.24) is 9.78 Å². The van der Waals surface area contributed by atoms with Crippen LogP contribution in [-0.4, -0.2) is 20.9 Å². The van der Waals surface area contributed by atoms with E-state index in [0.717, 1.165) is 6.42 Å². The smallest absolute Gasteiger partial charge is 0.339 e. The first-order chi connectivity index (χ1) is 9.43. The molecule has 1 N–H and O–H groups in total. The number of rotatable bonds is 4. The normalized spacial score (nSPS) is 12.4. The Hall–Kier alpha value is -1.52. The van der Waals surface area contributed by atoms with Crippen molar-refractivity contribution in [3.05, 3.63) is 40.0 Å². The molecule has 0 saturated carbocycles. The molecular weight excluding hydrogens is 299 g/mol. The quantitative estimate of drug-likeness (QED) is 0.902. The highest BCUT2D eigenvalue weighted by Crippen LogP contribution is 2.32. The Labute approximate surface area is 126 Å². The fourth-order valence-corrected chi connectivity index (χ4v) is 2.34. The van der Waals surface area contributed by atoms with Crippen LogP contribution in [0, 0.1) is 0 Å². The van der Waals surface area contributed by atoms with Crippen molar-refractivity contribution in [2.75, 3.05) is 0 Å². The fourth-order valence-electron chi connectivity index (χ4n) is 1.84. The molecule has 0 saturated heterocycles. The van der Waals surface area contributed by atoms with Gasteiger partial charge >= 0.3 is 5.97 Å². The minimum absolute atomic E-state index is 0.118. The maximum Gasteiger partial charge on any atom is 0.339 e. The Morgan fingerprint density at radius 2 is 2.15 bits per heavy atom. The third kappa shape index (κ3) is 2.81. The number of benzene rings is 1. The van der Waals surface area contributed by atoms with Crippen molar-refractivity contribution in [2.45, 2.75) is 26.3 Å². The minimum Gasteiger partial charge on any atom is -0.478 e. The minimum atomic E-state index is -1.03. The van der Waals surface area contributed by atoms with E-state index in [-0.39, 0.29) is 11.6 Å². The number of nitrogens with zero attached hydrogens (tertiary/aromatic N) is 2. The van der Waals surface area contributed by atoms with Crippen LogP contribution in [0.1, 0.15) is 36.7 Å². The first-order valence-electron chi connectivity index (χ1n) is 6.22. The van der Waals surface area contributed by atoms with Crippen LogP contribution in [0.25, 0.3) is 11.3 Å². The van der Waals surface area contributed by atoms with Gasteiger partial charge in [-0.3, -0.25) is 4.68 Å². The lowest BCUT2D eigenvalue weighted by molar-refractivity contribution is 0.0697. The van der Waals surface area contributed by atoms with Crippen LogP contribution in [0.5, 0.6) is 0 Å². The maximum atomic E-state index is 11.4. The van der Waals surface area contributed by atoms with Gasteiger partial charge < -0.3 is 5.11 Å². The third-order valence-corrected chi connectivity index (χ3v) is 3.74. The van der Waals surface area contributed by atoms with E-state index in [1.165, 1.54) is 6.20 Å². The van der Waals surface area contributed by atoms with Crippen molar-refractivity contribution in [1.29, 1.82) is 0 Å². The third-order valence-electron chi connectivity index (χ3n) is 3.19. The SMILES string of the molecule is CCC(C)n1cc(C(=O)O)c(-c2ccc(Cl)cc2Cl)n1. The first-order valence-corrected chi connectivity index (χ1v) is 6.97. The summed E-state index contributed by atoms with van der Waals surface area (Å²) >= 11 is 12.0. The van der Waals surface area contributed by atoms with E-state index in [2.05, 4.69) is 5.10 Å². The Kier molecular flexibility index (Phi) is 4.35. The van der Waals surface area contributed by atoms with Gasteiger partial charge in [0.2, 0.25) is 0 Å². The van der Waals surface area contributed by atoms with Crippen molar-refractivity contribution < 1.29 is 9.90 Å². The standard InChI is InChI=1S/C14H14Cl2N2O2/c1-3-8(2)18-7-11(14(19)20)13(17-18)10-5-4-9(15)6-12(10)16/h4-8H,3H2,1-2H3,(H,19,20). The zero-order chi connectivity index (χ0) is 14.9. The van der Waals surface area contributed by atoms with Crippen LogP contribution >= 0.6 is 23.2 Å². The molecular formula is C14H14Cl2N2O2. The van der Waals surface area contributed by atoms with E-state index >= 15 is 0 Å². The molecule has 106 valence electrons. The summed E-state index contributed by atoms with van der Waals surface area (Å²) in [4.78, 5) is 11.4. The van der Waals surface area contributed by atoms with Crippen LogP contribution in [-0.2, 0) is 0 Å². The predicted molar refractivity (Wildman–Crippen MR) is 79.6 cm³/mol. The lowest BCUT2D eigenvalue weighted by Crippen LogP contribution is -2.04. The number of aromatic carboxylic acids is 1. The summed E-state index contributed by atoms with van der Waals surface area (Å²) in [5, 5.41) is 14.6. The molecule has 0 aliphatic rings. The molecule has 0 bridgehead atoms. The average molecular weight is 313 g/mol. The number of halogens is 2. The summed E-state index contributed by atoms with van der Waals surface area (Å²) in [5.41, 5.74) is 1.06. The zero-order valence-electron chi connectivity index (χ0n) is 11.1. The molecule has 0 fully saturated rings. The van der Waals surface area contributed by atoms with Crippen molar-refractivity contribution in [3.8, 4) is 11.3 Å². The summed E-state index contributed by atoms with van der Waals surface area (Å²) in [6.07, 6.45) is 2.39. The second-order valence-corrected chi connectivity index (χ2v) is 5.40. The van der Waals surface area contributed by atoms with E-state index in [1.54, 1.807) is 22.9 Å². The first kappa shape index (κ1) is 14.9. The molecule has 0 radical (unpaired) electrons. The van der Waals surface area contributed by atoms with Crippen LogP contribution in [0.2, 0.25) is 10.0 Å². The summed E-state index contributed by atoms with van der Waals surface area (Å²) < 4.78 is 1.66. The fraction of sp³-hybridized carbons (Fsp3) is 0.286. The van der Waals surface area contributed by atoms with E-state index in [0.29, 0.717) is 21.3 Å². The van der Waals surface area contributed by atoms with E-state index in [9.17, 15) is 9.90 Å². The van der Waals surface area contributed by atoms with Gasteiger partial charge in [0, 0.05) is 22.8 Å². The Bertz CT molecular complexity index is 653. The highest BCUT2D eigenvalue weighted by atomic mass is 35.5. The molecule has 1 unspecified atom stereocenters. The highest BCUT2D eigenvalue weighted by Gasteiger charge is 2.20. The number of hydrogen-bond donors (Lipinski definition) is 1. The molecule has 0 aliphatic heterocycles. The van der Waals surface area contributed by atoms with Gasteiger partial charge in [0.05, 0.1) is 5.02 Å². The topological polar surface area (TPSA) is 55.1 Å². The maximum absolute atomic E-state index is 11.4. The molecule has 1 atom stereocenters. The Morgan fingerprint density at radius 3 is 2.70 bits per heavy atom. The summed E-state index contributed by atoms with van der Waals surface area (Å²) in [6, 6.07) is 5.04. The molecule has 1 heterocycles. The lowest BCUT2D eigenvalue weighted by Gasteiger charge is -2.08. The van der Waals surface area contributed by atoms with E-state index < -0.39 is 5.97 Å². The number of aromatic nitrogens is 2. The van der Waals surface area contributed by atoms with Gasteiger partial charge in [0.15, 0.2) is 0 Å². The van der Waals surface area contributed by atoms with Crippen LogP contribution in [0.15, 0.2) is 24.4 Å². The number of hydrogen-bond acceptors (Lipinski definition) is 2. The van der Waals surface area contributed by atoms with Crippen molar-refractivity contribution in [2.24, 2.45) is 0 Å². The molecule has 1 aromatic carbocycles. The van der Waals surface area contributed by atoms with Crippen molar-refractivity contribution in [3.63, 3.8) is 0 Å². The van der Waals surface area contributed by atoms with Crippen LogP contribution in [0.4, 0.5) is 0 Å². The molecule has 1 aromatic heterocycles. The van der Waals surface area contributed by atoms with Gasteiger partial charge in [0.1, 0.15) is 11.3 Å². The van der Waals surface area contributed by atoms with Gasteiger partial charge in [0.25, 0.3) is 0 Å². The molecule has 0 spiro atoms. The molecule has 4 nitrogen and oxygen atoms in total. The largest absolute Gasteiger partial charge is 0.478 e. The lowest BCUT2D eigenvalue weighted by atomic mass is 10.1. The van der Waals surface area contributed by atoms with Gasteiger partial charge in [-0.1, -0.05) is 30.1 Å². The number of carboxylic acid groups (broad SMARTS) is 1. The van der Waals surface area contributed by atoms with Crippen LogP contribution < -0.4 is 0 Å². The molecule has 2 rings (SSSR count). The molecule has 0 amide bonds. The van der Waals surface area contributed by atoms with E-state index in [4.69, 9.17) is 23.2 Å².